The smallest absolute Gasteiger partial charge is 0.259 e. The number of sulfonamides is 1. The number of fused-ring (bicyclic) bond motifs is 1. The summed E-state index contributed by atoms with van der Waals surface area (Å²) < 4.78 is 32.0. The third kappa shape index (κ3) is 3.98. The van der Waals surface area contributed by atoms with E-state index in [2.05, 4.69) is 20.4 Å². The van der Waals surface area contributed by atoms with Gasteiger partial charge in [0.25, 0.3) is 15.6 Å². The number of ether oxygens (including phenoxy) is 1. The monoisotopic (exact) mass is 437 g/mol. The molecule has 0 aliphatic heterocycles. The van der Waals surface area contributed by atoms with E-state index in [1.165, 1.54) is 32.5 Å². The number of pyridine rings is 3. The molecule has 31 heavy (non-hydrogen) atoms. The standard InChI is InChI=1S/C21H19N5O4S/c1-26(31(28,29)17-6-4-3-5-7-17)25-20-19-14(8-9-23-21(19)27)11-18(24-20)15-10-16(30-2)13-22-12-15/h3-13H,1-2H3,(H,23,27)(H,24,25). The molecule has 0 bridgehead atoms. The number of nitrogens with zero attached hydrogens (tertiary/aromatic N) is 3. The Kier molecular flexibility index (Phi) is 5.40. The molecule has 0 atom stereocenters. The van der Waals surface area contributed by atoms with E-state index in [0.29, 0.717) is 22.4 Å². The molecule has 0 saturated heterocycles. The van der Waals surface area contributed by atoms with Gasteiger partial charge in [-0.3, -0.25) is 15.2 Å². The van der Waals surface area contributed by atoms with Gasteiger partial charge in [0.15, 0.2) is 5.82 Å². The molecule has 2 N–H and O–H groups in total. The number of aromatic nitrogens is 3. The van der Waals surface area contributed by atoms with Crippen molar-refractivity contribution in [1.82, 2.24) is 19.4 Å². The van der Waals surface area contributed by atoms with Crippen molar-refractivity contribution in [2.75, 3.05) is 19.6 Å². The average molecular weight is 437 g/mol. The minimum Gasteiger partial charge on any atom is -0.495 e. The van der Waals surface area contributed by atoms with Gasteiger partial charge in [0.2, 0.25) is 0 Å². The first-order chi connectivity index (χ1) is 14.9. The van der Waals surface area contributed by atoms with Crippen LogP contribution >= 0.6 is 0 Å². The summed E-state index contributed by atoms with van der Waals surface area (Å²) in [5, 5.41) is 0.821. The number of benzene rings is 1. The van der Waals surface area contributed by atoms with E-state index in [1.54, 1.807) is 48.8 Å². The number of nitrogens with one attached hydrogen (secondary N) is 2. The van der Waals surface area contributed by atoms with Crippen LogP contribution in [0.1, 0.15) is 0 Å². The molecule has 0 amide bonds. The second kappa shape index (κ2) is 8.17. The summed E-state index contributed by atoms with van der Waals surface area (Å²) in [6, 6.07) is 13.2. The van der Waals surface area contributed by atoms with Gasteiger partial charge in [-0.2, -0.15) is 0 Å². The van der Waals surface area contributed by atoms with Crippen molar-refractivity contribution < 1.29 is 13.2 Å². The van der Waals surface area contributed by atoms with Crippen molar-refractivity contribution in [1.29, 1.82) is 0 Å². The van der Waals surface area contributed by atoms with E-state index < -0.39 is 15.6 Å². The van der Waals surface area contributed by atoms with Gasteiger partial charge in [-0.1, -0.05) is 18.2 Å². The Morgan fingerprint density at radius 3 is 2.61 bits per heavy atom. The molecule has 3 aromatic heterocycles. The zero-order valence-corrected chi connectivity index (χ0v) is 17.6. The van der Waals surface area contributed by atoms with Gasteiger partial charge in [-0.25, -0.2) is 13.4 Å². The predicted molar refractivity (Wildman–Crippen MR) is 117 cm³/mol. The molecular formula is C21H19N5O4S. The first kappa shape index (κ1) is 20.5. The normalized spacial score (nSPS) is 11.6. The molecule has 3 heterocycles. The lowest BCUT2D eigenvalue weighted by molar-refractivity contribution is 0.413. The van der Waals surface area contributed by atoms with Crippen LogP contribution < -0.4 is 15.7 Å². The largest absolute Gasteiger partial charge is 0.495 e. The van der Waals surface area contributed by atoms with Gasteiger partial charge in [-0.05, 0) is 35.7 Å². The molecule has 0 radical (unpaired) electrons. The number of aromatic amines is 1. The molecule has 0 unspecified atom stereocenters. The third-order valence-electron chi connectivity index (χ3n) is 4.66. The highest BCUT2D eigenvalue weighted by Gasteiger charge is 2.22. The SMILES string of the molecule is COc1cncc(-c2cc3cc[nH]c(=O)c3c(NN(C)S(=O)(=O)c3ccccc3)n2)c1. The maximum atomic E-state index is 12.9. The third-order valence-corrected chi connectivity index (χ3v) is 6.34. The van der Waals surface area contributed by atoms with Crippen LogP contribution in [0.25, 0.3) is 22.0 Å². The Morgan fingerprint density at radius 1 is 1.10 bits per heavy atom. The fourth-order valence-electron chi connectivity index (χ4n) is 3.07. The van der Waals surface area contributed by atoms with Gasteiger partial charge in [0.1, 0.15) is 5.75 Å². The lowest BCUT2D eigenvalue weighted by Gasteiger charge is -2.20. The summed E-state index contributed by atoms with van der Waals surface area (Å²) >= 11 is 0. The number of rotatable bonds is 6. The number of hydrogen-bond donors (Lipinski definition) is 2. The molecule has 9 nitrogen and oxygen atoms in total. The summed E-state index contributed by atoms with van der Waals surface area (Å²) in [4.78, 5) is 23.9. The Labute approximate surface area is 178 Å². The summed E-state index contributed by atoms with van der Waals surface area (Å²) in [6.45, 7) is 0. The first-order valence-electron chi connectivity index (χ1n) is 9.22. The van der Waals surface area contributed by atoms with Crippen molar-refractivity contribution in [3.63, 3.8) is 0 Å². The number of anilines is 1. The van der Waals surface area contributed by atoms with Crippen molar-refractivity contribution in [3.05, 3.63) is 77.5 Å². The summed E-state index contributed by atoms with van der Waals surface area (Å²) in [5.74, 6) is 0.641. The van der Waals surface area contributed by atoms with E-state index in [0.717, 1.165) is 4.41 Å². The minimum absolute atomic E-state index is 0.0965. The fourth-order valence-corrected chi connectivity index (χ4v) is 4.10. The van der Waals surface area contributed by atoms with E-state index in [1.807, 2.05) is 0 Å². The second-order valence-electron chi connectivity index (χ2n) is 6.64. The summed E-state index contributed by atoms with van der Waals surface area (Å²) in [6.07, 6.45) is 4.69. The molecule has 158 valence electrons. The van der Waals surface area contributed by atoms with Crippen LogP contribution in [0.5, 0.6) is 5.75 Å². The maximum absolute atomic E-state index is 12.9. The molecule has 0 aliphatic rings. The van der Waals surface area contributed by atoms with Gasteiger partial charge in [0, 0.05) is 25.0 Å². The predicted octanol–water partition coefficient (Wildman–Crippen LogP) is 2.64. The Bertz CT molecular complexity index is 1400. The van der Waals surface area contributed by atoms with Gasteiger partial charge in [0.05, 0.1) is 29.3 Å². The molecule has 4 rings (SSSR count). The maximum Gasteiger partial charge on any atom is 0.259 e. The molecule has 0 fully saturated rings. The van der Waals surface area contributed by atoms with Crippen molar-refractivity contribution in [2.24, 2.45) is 0 Å². The zero-order valence-electron chi connectivity index (χ0n) is 16.7. The van der Waals surface area contributed by atoms with Crippen molar-refractivity contribution in [3.8, 4) is 17.0 Å². The van der Waals surface area contributed by atoms with E-state index in [-0.39, 0.29) is 16.1 Å². The van der Waals surface area contributed by atoms with Crippen LogP contribution in [0, 0.1) is 0 Å². The highest BCUT2D eigenvalue weighted by Crippen LogP contribution is 2.28. The van der Waals surface area contributed by atoms with Crippen LogP contribution in [-0.2, 0) is 10.0 Å². The summed E-state index contributed by atoms with van der Waals surface area (Å²) in [5.41, 5.74) is 3.52. The molecule has 0 saturated carbocycles. The average Bonchev–Trinajstić information content (AvgIpc) is 2.79. The first-order valence-corrected chi connectivity index (χ1v) is 10.7. The van der Waals surface area contributed by atoms with Gasteiger partial charge >= 0.3 is 0 Å². The van der Waals surface area contributed by atoms with Crippen molar-refractivity contribution >= 4 is 26.6 Å². The molecular weight excluding hydrogens is 418 g/mol. The van der Waals surface area contributed by atoms with E-state index in [4.69, 9.17) is 4.74 Å². The zero-order chi connectivity index (χ0) is 22.0. The number of methoxy groups -OCH3 is 1. The highest BCUT2D eigenvalue weighted by molar-refractivity contribution is 7.89. The van der Waals surface area contributed by atoms with E-state index >= 15 is 0 Å². The Morgan fingerprint density at radius 2 is 1.87 bits per heavy atom. The molecule has 0 aliphatic carbocycles. The summed E-state index contributed by atoms with van der Waals surface area (Å²) in [7, 11) is -0.983. The Hall–Kier alpha value is -3.76. The van der Waals surface area contributed by atoms with Gasteiger partial charge in [-0.15, -0.1) is 4.41 Å². The lowest BCUT2D eigenvalue weighted by Crippen LogP contribution is -2.33. The topological polar surface area (TPSA) is 117 Å². The fraction of sp³-hybridized carbons (Fsp3) is 0.0952. The van der Waals surface area contributed by atoms with Crippen LogP contribution in [0.3, 0.4) is 0 Å². The van der Waals surface area contributed by atoms with Gasteiger partial charge < -0.3 is 9.72 Å². The molecule has 10 heteroatoms. The van der Waals surface area contributed by atoms with Crippen LogP contribution in [0.2, 0.25) is 0 Å². The molecule has 1 aromatic carbocycles. The van der Waals surface area contributed by atoms with Crippen molar-refractivity contribution in [2.45, 2.75) is 4.90 Å². The second-order valence-corrected chi connectivity index (χ2v) is 8.61. The van der Waals surface area contributed by atoms with E-state index in [9.17, 15) is 13.2 Å². The lowest BCUT2D eigenvalue weighted by atomic mass is 10.1. The number of hydrogen-bond acceptors (Lipinski definition) is 7. The minimum atomic E-state index is -3.87. The quantitative estimate of drug-likeness (QED) is 0.445. The molecule has 0 spiro atoms. The van der Waals surface area contributed by atoms with Crippen LogP contribution in [0.4, 0.5) is 5.82 Å². The number of hydrazine groups is 1. The Balaban J connectivity index is 1.83. The van der Waals surface area contributed by atoms with Crippen LogP contribution in [0.15, 0.2) is 76.8 Å². The highest BCUT2D eigenvalue weighted by atomic mass is 32.2. The van der Waals surface area contributed by atoms with Crippen LogP contribution in [-0.4, -0.2) is 41.9 Å². The number of H-pyrrole nitrogens is 1. The molecule has 4 aromatic rings.